The standard InChI is InChI=1S/C26H30F3N3O4/c1-35-24(34)20-4-2-3-19(9-20)12-30-13-21-10-22(33)14-32(21)25(15-30)16-31(17-25)11-18-5-7-23(8-6-18)36-26(27,28)29/h2-9,21-22,33H,10-17H2,1H3/t21-,22+/m0/s1. The molecule has 0 bridgehead atoms. The van der Waals surface area contributed by atoms with E-state index in [0.717, 1.165) is 43.7 Å². The number of alkyl halides is 3. The highest BCUT2D eigenvalue weighted by Gasteiger charge is 2.55. The van der Waals surface area contributed by atoms with Gasteiger partial charge in [-0.25, -0.2) is 4.79 Å². The lowest BCUT2D eigenvalue weighted by Crippen LogP contribution is -2.77. The highest BCUT2D eigenvalue weighted by atomic mass is 19.4. The number of aliphatic hydroxyl groups is 1. The van der Waals surface area contributed by atoms with Crippen LogP contribution >= 0.6 is 0 Å². The van der Waals surface area contributed by atoms with Gasteiger partial charge in [0.25, 0.3) is 0 Å². The summed E-state index contributed by atoms with van der Waals surface area (Å²) in [6, 6.07) is 13.8. The number of rotatable bonds is 6. The van der Waals surface area contributed by atoms with E-state index in [9.17, 15) is 23.1 Å². The molecule has 0 amide bonds. The van der Waals surface area contributed by atoms with Crippen molar-refractivity contribution >= 4 is 5.97 Å². The molecule has 3 aliphatic rings. The number of nitrogens with zero attached hydrogens (tertiary/aromatic N) is 3. The summed E-state index contributed by atoms with van der Waals surface area (Å²) >= 11 is 0. The molecule has 7 nitrogen and oxygen atoms in total. The Balaban J connectivity index is 1.24. The molecular formula is C26H30F3N3O4. The van der Waals surface area contributed by atoms with Crippen molar-refractivity contribution in [1.29, 1.82) is 0 Å². The van der Waals surface area contributed by atoms with Gasteiger partial charge in [0.15, 0.2) is 0 Å². The van der Waals surface area contributed by atoms with Gasteiger partial charge in [0.05, 0.1) is 24.3 Å². The maximum absolute atomic E-state index is 12.4. The molecule has 0 saturated carbocycles. The molecule has 2 aromatic carbocycles. The van der Waals surface area contributed by atoms with E-state index in [1.54, 1.807) is 18.2 Å². The summed E-state index contributed by atoms with van der Waals surface area (Å²) in [4.78, 5) is 19.1. The average Bonchev–Trinajstić information content (AvgIpc) is 3.18. The van der Waals surface area contributed by atoms with Crippen molar-refractivity contribution in [3.05, 3.63) is 65.2 Å². The van der Waals surface area contributed by atoms with Gasteiger partial charge < -0.3 is 14.6 Å². The minimum absolute atomic E-state index is 0.0836. The third kappa shape index (κ3) is 5.36. The van der Waals surface area contributed by atoms with Gasteiger partial charge in [-0.05, 0) is 41.8 Å². The van der Waals surface area contributed by atoms with Crippen LogP contribution in [0, 0.1) is 0 Å². The van der Waals surface area contributed by atoms with Gasteiger partial charge in [-0.15, -0.1) is 13.2 Å². The van der Waals surface area contributed by atoms with Crippen LogP contribution in [0.2, 0.25) is 0 Å². The number of methoxy groups -OCH3 is 1. The molecule has 1 spiro atoms. The number of carbonyl (C=O) groups is 1. The Morgan fingerprint density at radius 2 is 1.72 bits per heavy atom. The molecule has 3 heterocycles. The van der Waals surface area contributed by atoms with Gasteiger partial charge in [-0.1, -0.05) is 24.3 Å². The van der Waals surface area contributed by atoms with Crippen molar-refractivity contribution in [1.82, 2.24) is 14.7 Å². The molecule has 5 rings (SSSR count). The third-order valence-corrected chi connectivity index (χ3v) is 7.34. The second kappa shape index (κ2) is 9.66. The first-order valence-corrected chi connectivity index (χ1v) is 12.0. The van der Waals surface area contributed by atoms with E-state index in [-0.39, 0.29) is 29.4 Å². The Morgan fingerprint density at radius 3 is 2.42 bits per heavy atom. The van der Waals surface area contributed by atoms with Crippen LogP contribution in [0.25, 0.3) is 0 Å². The van der Waals surface area contributed by atoms with Crippen molar-refractivity contribution < 1.29 is 32.5 Å². The number of halogens is 3. The third-order valence-electron chi connectivity index (χ3n) is 7.34. The summed E-state index contributed by atoms with van der Waals surface area (Å²) in [5.74, 6) is -0.580. The van der Waals surface area contributed by atoms with Crippen LogP contribution in [0.15, 0.2) is 48.5 Å². The molecule has 0 unspecified atom stereocenters. The van der Waals surface area contributed by atoms with E-state index in [4.69, 9.17) is 4.74 Å². The van der Waals surface area contributed by atoms with Crippen molar-refractivity contribution in [3.8, 4) is 5.75 Å². The van der Waals surface area contributed by atoms with E-state index >= 15 is 0 Å². The summed E-state index contributed by atoms with van der Waals surface area (Å²) in [6.07, 6.45) is -4.30. The van der Waals surface area contributed by atoms with Gasteiger partial charge in [-0.3, -0.25) is 14.7 Å². The number of carbonyl (C=O) groups excluding carboxylic acids is 1. The zero-order chi connectivity index (χ0) is 25.5. The fourth-order valence-corrected chi connectivity index (χ4v) is 6.04. The number of fused-ring (bicyclic) bond motifs is 2. The smallest absolute Gasteiger partial charge is 0.465 e. The summed E-state index contributed by atoms with van der Waals surface area (Å²) in [7, 11) is 1.37. The Labute approximate surface area is 208 Å². The average molecular weight is 506 g/mol. The highest BCUT2D eigenvalue weighted by molar-refractivity contribution is 5.89. The van der Waals surface area contributed by atoms with E-state index in [1.165, 1.54) is 19.2 Å². The summed E-state index contributed by atoms with van der Waals surface area (Å²) in [5.41, 5.74) is 2.41. The number of aliphatic hydroxyl groups excluding tert-OH is 1. The van der Waals surface area contributed by atoms with Crippen LogP contribution in [0.4, 0.5) is 13.2 Å². The maximum atomic E-state index is 12.4. The molecule has 3 aliphatic heterocycles. The molecule has 2 aromatic rings. The van der Waals surface area contributed by atoms with Gasteiger partial charge >= 0.3 is 12.3 Å². The fourth-order valence-electron chi connectivity index (χ4n) is 6.04. The van der Waals surface area contributed by atoms with E-state index < -0.39 is 6.36 Å². The van der Waals surface area contributed by atoms with E-state index in [1.807, 2.05) is 18.2 Å². The van der Waals surface area contributed by atoms with Crippen LogP contribution in [-0.2, 0) is 17.8 Å². The molecule has 3 fully saturated rings. The zero-order valence-corrected chi connectivity index (χ0v) is 20.1. The van der Waals surface area contributed by atoms with Crippen molar-refractivity contribution in [2.75, 3.05) is 39.8 Å². The molecule has 0 radical (unpaired) electrons. The number of β-amino-alcohol motifs (C(OH)–C–C–N with tert-alkyl or cyclic N) is 1. The van der Waals surface area contributed by atoms with Gasteiger partial charge in [0.1, 0.15) is 5.75 Å². The van der Waals surface area contributed by atoms with E-state index in [0.29, 0.717) is 25.2 Å². The quantitative estimate of drug-likeness (QED) is 0.606. The Kier molecular flexibility index (Phi) is 6.71. The monoisotopic (exact) mass is 505 g/mol. The number of likely N-dealkylation sites (tertiary alicyclic amines) is 1. The van der Waals surface area contributed by atoms with Gasteiger partial charge in [0, 0.05) is 51.9 Å². The largest absolute Gasteiger partial charge is 0.573 e. The SMILES string of the molecule is COC(=O)c1cccc(CN2C[C@@H]3C[C@@H](O)CN3C3(C2)CN(Cc2ccc(OC(F)(F)F)cc2)C3)c1. The number of benzene rings is 2. The predicted octanol–water partition coefficient (Wildman–Crippen LogP) is 2.88. The molecule has 36 heavy (non-hydrogen) atoms. The lowest BCUT2D eigenvalue weighted by atomic mass is 9.83. The highest BCUT2D eigenvalue weighted by Crippen LogP contribution is 2.40. The molecule has 3 saturated heterocycles. The Bertz CT molecular complexity index is 1090. The summed E-state index contributed by atoms with van der Waals surface area (Å²) < 4.78 is 46.1. The second-order valence-electron chi connectivity index (χ2n) is 10.1. The molecule has 0 aliphatic carbocycles. The molecular weight excluding hydrogens is 475 g/mol. The fraction of sp³-hybridized carbons (Fsp3) is 0.500. The van der Waals surface area contributed by atoms with Gasteiger partial charge in [-0.2, -0.15) is 0 Å². The van der Waals surface area contributed by atoms with Crippen LogP contribution in [0.5, 0.6) is 5.75 Å². The lowest BCUT2D eigenvalue weighted by molar-refractivity contribution is -0.274. The molecule has 1 N–H and O–H groups in total. The Morgan fingerprint density at radius 1 is 1.03 bits per heavy atom. The minimum Gasteiger partial charge on any atom is -0.465 e. The van der Waals surface area contributed by atoms with Crippen molar-refractivity contribution in [2.45, 2.75) is 43.6 Å². The number of ether oxygens (including phenoxy) is 2. The molecule has 2 atom stereocenters. The first-order valence-electron chi connectivity index (χ1n) is 12.0. The zero-order valence-electron chi connectivity index (χ0n) is 20.1. The summed E-state index contributed by atoms with van der Waals surface area (Å²) in [5, 5.41) is 10.4. The number of esters is 1. The molecule has 0 aromatic heterocycles. The van der Waals surface area contributed by atoms with Gasteiger partial charge in [0.2, 0.25) is 0 Å². The predicted molar refractivity (Wildman–Crippen MR) is 125 cm³/mol. The van der Waals surface area contributed by atoms with Crippen molar-refractivity contribution in [2.24, 2.45) is 0 Å². The molecule has 10 heteroatoms. The van der Waals surface area contributed by atoms with Crippen LogP contribution < -0.4 is 4.74 Å². The molecule has 194 valence electrons. The number of hydrogen-bond donors (Lipinski definition) is 1. The normalized spacial score (nSPS) is 24.4. The first-order chi connectivity index (χ1) is 17.1. The Hall–Kier alpha value is -2.66. The van der Waals surface area contributed by atoms with Crippen LogP contribution in [-0.4, -0.2) is 89.7 Å². The number of hydrogen-bond acceptors (Lipinski definition) is 7. The van der Waals surface area contributed by atoms with Crippen LogP contribution in [0.1, 0.15) is 27.9 Å². The first kappa shape index (κ1) is 25.0. The lowest BCUT2D eigenvalue weighted by Gasteiger charge is -2.61. The number of piperazine rings is 1. The van der Waals surface area contributed by atoms with E-state index in [2.05, 4.69) is 19.4 Å². The summed E-state index contributed by atoms with van der Waals surface area (Å²) in [6.45, 7) is 5.32. The van der Waals surface area contributed by atoms with Crippen molar-refractivity contribution in [3.63, 3.8) is 0 Å². The minimum atomic E-state index is -4.70. The van der Waals surface area contributed by atoms with Crippen LogP contribution in [0.3, 0.4) is 0 Å². The second-order valence-corrected chi connectivity index (χ2v) is 10.1. The topological polar surface area (TPSA) is 65.5 Å². The maximum Gasteiger partial charge on any atom is 0.573 e.